The zero-order valence-electron chi connectivity index (χ0n) is 18.7. The maximum atomic E-state index is 13.5. The highest BCUT2D eigenvalue weighted by Gasteiger charge is 2.33. The first-order chi connectivity index (χ1) is 17.0. The minimum atomic E-state index is -0.300. The van der Waals surface area contributed by atoms with E-state index in [-0.39, 0.29) is 30.7 Å². The Balaban J connectivity index is 1.34. The van der Waals surface area contributed by atoms with E-state index in [9.17, 15) is 9.18 Å². The second-order valence-electron chi connectivity index (χ2n) is 8.38. The van der Waals surface area contributed by atoms with E-state index in [1.165, 1.54) is 18.5 Å². The first kappa shape index (κ1) is 21.0. The highest BCUT2D eigenvalue weighted by atomic mass is 19.1. The van der Waals surface area contributed by atoms with Crippen LogP contribution in [0.2, 0.25) is 0 Å². The zero-order valence-corrected chi connectivity index (χ0v) is 18.7. The van der Waals surface area contributed by atoms with E-state index in [1.54, 1.807) is 27.4 Å². The van der Waals surface area contributed by atoms with Crippen molar-refractivity contribution in [2.75, 3.05) is 5.32 Å². The molecule has 6 rings (SSSR count). The summed E-state index contributed by atoms with van der Waals surface area (Å²) in [6, 6.07) is 17.5. The van der Waals surface area contributed by atoms with Gasteiger partial charge in [-0.2, -0.15) is 14.3 Å². The van der Waals surface area contributed by atoms with Crippen molar-refractivity contribution in [2.24, 2.45) is 0 Å². The quantitative estimate of drug-likeness (QED) is 0.420. The molecule has 0 unspecified atom stereocenters. The number of nitrogens with zero attached hydrogens (tertiary/aromatic N) is 6. The molecule has 5 aromatic rings. The van der Waals surface area contributed by atoms with Crippen molar-refractivity contribution in [2.45, 2.75) is 25.9 Å². The number of nitrogens with one attached hydrogen (secondary N) is 1. The van der Waals surface area contributed by atoms with E-state index in [2.05, 4.69) is 25.7 Å². The molecule has 0 aliphatic carbocycles. The summed E-state index contributed by atoms with van der Waals surface area (Å²) in [6.07, 6.45) is 1.79. The van der Waals surface area contributed by atoms with E-state index >= 15 is 0 Å². The Labute approximate surface area is 199 Å². The zero-order chi connectivity index (χ0) is 23.9. The molecule has 0 saturated heterocycles. The van der Waals surface area contributed by atoms with Crippen LogP contribution < -0.4 is 10.1 Å². The van der Waals surface area contributed by atoms with Crippen LogP contribution in [0.25, 0.3) is 11.5 Å². The highest BCUT2D eigenvalue weighted by Crippen LogP contribution is 2.40. The third kappa shape index (κ3) is 3.88. The molecule has 2 aromatic carbocycles. The molecular weight excluding hydrogens is 449 g/mol. The summed E-state index contributed by atoms with van der Waals surface area (Å²) in [7, 11) is 0. The number of anilines is 1. The fourth-order valence-electron chi connectivity index (χ4n) is 4.44. The molecule has 0 radical (unpaired) electrons. The van der Waals surface area contributed by atoms with Crippen molar-refractivity contribution in [3.05, 3.63) is 95.2 Å². The van der Waals surface area contributed by atoms with Gasteiger partial charge in [-0.1, -0.05) is 24.3 Å². The molecule has 1 atom stereocenters. The van der Waals surface area contributed by atoms with Crippen LogP contribution in [0.1, 0.15) is 34.7 Å². The van der Waals surface area contributed by atoms with Crippen LogP contribution in [0, 0.1) is 12.7 Å². The number of carbonyl (C=O) groups excluding carboxylic acids is 1. The number of amides is 1. The minimum absolute atomic E-state index is 0.111. The lowest BCUT2D eigenvalue weighted by Crippen LogP contribution is -2.25. The number of aryl methyl sites for hydroxylation is 1. The first-order valence-corrected chi connectivity index (χ1v) is 11.1. The Kier molecular flexibility index (Phi) is 4.98. The van der Waals surface area contributed by atoms with Gasteiger partial charge in [-0.05, 0) is 54.4 Å². The Bertz CT molecular complexity index is 1580. The Morgan fingerprint density at radius 2 is 2.00 bits per heavy atom. The average Bonchev–Trinajstić information content (AvgIpc) is 3.46. The van der Waals surface area contributed by atoms with Crippen LogP contribution in [0.5, 0.6) is 5.75 Å². The van der Waals surface area contributed by atoms with Gasteiger partial charge in [-0.15, -0.1) is 15.3 Å². The lowest BCUT2D eigenvalue weighted by Gasteiger charge is -2.24. The van der Waals surface area contributed by atoms with Crippen molar-refractivity contribution < 1.29 is 13.9 Å². The SMILES string of the molecule is Cc1nn(-c2ccc3nncn3n2)c2c1[C@H](c1cccc(OCc3cccc(F)c3)c1)CC(=O)N2. The molecule has 9 nitrogen and oxygen atoms in total. The summed E-state index contributed by atoms with van der Waals surface area (Å²) in [5.74, 6) is 1.16. The number of halogens is 1. The number of hydrogen-bond acceptors (Lipinski definition) is 6. The molecular formula is C25H20FN7O2. The molecule has 4 heterocycles. The Hall–Kier alpha value is -4.60. The largest absolute Gasteiger partial charge is 0.489 e. The fraction of sp³-hybridized carbons (Fsp3) is 0.160. The summed E-state index contributed by atoms with van der Waals surface area (Å²) < 4.78 is 22.6. The van der Waals surface area contributed by atoms with Crippen LogP contribution in [0.15, 0.2) is 67.0 Å². The maximum Gasteiger partial charge on any atom is 0.226 e. The van der Waals surface area contributed by atoms with E-state index in [1.807, 2.05) is 37.3 Å². The summed E-state index contributed by atoms with van der Waals surface area (Å²) >= 11 is 0. The number of fused-ring (bicyclic) bond motifs is 2. The van der Waals surface area contributed by atoms with Crippen molar-refractivity contribution in [3.8, 4) is 11.6 Å². The number of rotatable bonds is 5. The maximum absolute atomic E-state index is 13.5. The Morgan fingerprint density at radius 1 is 1.11 bits per heavy atom. The molecule has 10 heteroatoms. The third-order valence-corrected chi connectivity index (χ3v) is 6.02. The van der Waals surface area contributed by atoms with Gasteiger partial charge in [0.2, 0.25) is 5.91 Å². The van der Waals surface area contributed by atoms with Gasteiger partial charge in [0.25, 0.3) is 0 Å². The van der Waals surface area contributed by atoms with Gasteiger partial charge in [0.1, 0.15) is 30.3 Å². The monoisotopic (exact) mass is 469 g/mol. The second-order valence-corrected chi connectivity index (χ2v) is 8.38. The lowest BCUT2D eigenvalue weighted by molar-refractivity contribution is -0.116. The van der Waals surface area contributed by atoms with Gasteiger partial charge in [0, 0.05) is 17.9 Å². The van der Waals surface area contributed by atoms with Gasteiger partial charge in [0.15, 0.2) is 11.5 Å². The van der Waals surface area contributed by atoms with Crippen LogP contribution in [0.3, 0.4) is 0 Å². The van der Waals surface area contributed by atoms with Crippen LogP contribution in [0.4, 0.5) is 10.2 Å². The molecule has 174 valence electrons. The highest BCUT2D eigenvalue weighted by molar-refractivity contribution is 5.95. The smallest absolute Gasteiger partial charge is 0.226 e. The second kappa shape index (κ2) is 8.32. The van der Waals surface area contributed by atoms with Crippen LogP contribution in [-0.4, -0.2) is 35.5 Å². The van der Waals surface area contributed by atoms with Crippen molar-refractivity contribution in [1.29, 1.82) is 0 Å². The molecule has 1 aliphatic heterocycles. The third-order valence-electron chi connectivity index (χ3n) is 6.02. The molecule has 1 N–H and O–H groups in total. The average molecular weight is 469 g/mol. The van der Waals surface area contributed by atoms with Crippen molar-refractivity contribution in [1.82, 2.24) is 29.6 Å². The molecule has 35 heavy (non-hydrogen) atoms. The molecule has 3 aromatic heterocycles. The molecule has 0 spiro atoms. The number of hydrogen-bond donors (Lipinski definition) is 1. The van der Waals surface area contributed by atoms with Gasteiger partial charge < -0.3 is 10.1 Å². The van der Waals surface area contributed by atoms with Crippen LogP contribution in [-0.2, 0) is 11.4 Å². The molecule has 1 aliphatic rings. The number of ether oxygens (including phenoxy) is 1. The number of carbonyl (C=O) groups is 1. The lowest BCUT2D eigenvalue weighted by atomic mass is 9.86. The van der Waals surface area contributed by atoms with Gasteiger partial charge in [-0.3, -0.25) is 4.79 Å². The van der Waals surface area contributed by atoms with E-state index in [4.69, 9.17) is 4.74 Å². The summed E-state index contributed by atoms with van der Waals surface area (Å²) in [6.45, 7) is 2.16. The molecule has 0 saturated carbocycles. The summed E-state index contributed by atoms with van der Waals surface area (Å²) in [5, 5.41) is 20.0. The topological polar surface area (TPSA) is 99.2 Å². The van der Waals surface area contributed by atoms with Gasteiger partial charge in [0.05, 0.1) is 5.69 Å². The van der Waals surface area contributed by atoms with E-state index in [0.717, 1.165) is 22.4 Å². The van der Waals surface area contributed by atoms with Gasteiger partial charge in [-0.25, -0.2) is 4.39 Å². The molecule has 0 bridgehead atoms. The first-order valence-electron chi connectivity index (χ1n) is 11.1. The number of benzene rings is 2. The standard InChI is InChI=1S/C25H20FN7O2/c1-15-24-20(17-5-3-7-19(11-17)35-13-16-4-2-6-18(26)10-16)12-23(34)28-25(24)33(30-15)22-9-8-21-29-27-14-32(21)31-22/h2-11,14,20H,12-13H2,1H3,(H,28,34)/t20-/m0/s1. The molecule has 0 fully saturated rings. The van der Waals surface area contributed by atoms with Crippen molar-refractivity contribution in [3.63, 3.8) is 0 Å². The van der Waals surface area contributed by atoms with E-state index < -0.39 is 0 Å². The van der Waals surface area contributed by atoms with Gasteiger partial charge >= 0.3 is 0 Å². The Morgan fingerprint density at radius 3 is 2.89 bits per heavy atom. The summed E-state index contributed by atoms with van der Waals surface area (Å²) in [5.41, 5.74) is 4.01. The van der Waals surface area contributed by atoms with E-state index in [0.29, 0.717) is 23.0 Å². The fourth-order valence-corrected chi connectivity index (χ4v) is 4.44. The predicted molar refractivity (Wildman–Crippen MR) is 125 cm³/mol. The number of aromatic nitrogens is 6. The summed E-state index contributed by atoms with van der Waals surface area (Å²) in [4.78, 5) is 12.7. The normalized spacial score (nSPS) is 15.1. The van der Waals surface area contributed by atoms with Crippen molar-refractivity contribution >= 4 is 17.4 Å². The molecule has 1 amide bonds. The van der Waals surface area contributed by atoms with Crippen LogP contribution >= 0.6 is 0 Å². The minimum Gasteiger partial charge on any atom is -0.489 e. The predicted octanol–water partition coefficient (Wildman–Crippen LogP) is 3.81.